The summed E-state index contributed by atoms with van der Waals surface area (Å²) in [5, 5.41) is 22.1. The fourth-order valence-electron chi connectivity index (χ4n) is 5.81. The molecule has 3 heterocycles. The maximum Gasteiger partial charge on any atom is 0.303 e. The molecular formula is C30H44O19. The monoisotopic (exact) mass is 708 g/mol. The summed E-state index contributed by atoms with van der Waals surface area (Å²) in [7, 11) is 0. The number of hydrogen-bond donors (Lipinski definition) is 2. The zero-order chi connectivity index (χ0) is 36.9. The van der Waals surface area contributed by atoms with E-state index in [0.29, 0.717) is 0 Å². The molecule has 0 aliphatic carbocycles. The molecule has 2 N–H and O–H groups in total. The first-order valence-corrected chi connectivity index (χ1v) is 15.5. The van der Waals surface area contributed by atoms with E-state index < -0.39 is 128 Å². The molecule has 0 amide bonds. The summed E-state index contributed by atoms with van der Waals surface area (Å²) in [5.41, 5.74) is 0. The third-order valence-corrected chi connectivity index (χ3v) is 7.62. The molecule has 15 atom stereocenters. The molecule has 0 unspecified atom stereocenters. The van der Waals surface area contributed by atoms with Crippen molar-refractivity contribution in [2.45, 2.75) is 154 Å². The molecule has 19 nitrogen and oxygen atoms in total. The second kappa shape index (κ2) is 17.0. The number of aliphatic hydroxyl groups excluding tert-OH is 2. The van der Waals surface area contributed by atoms with Gasteiger partial charge < -0.3 is 62.3 Å². The van der Waals surface area contributed by atoms with E-state index in [1.165, 1.54) is 20.8 Å². The van der Waals surface area contributed by atoms with E-state index in [1.54, 1.807) is 0 Å². The van der Waals surface area contributed by atoms with Gasteiger partial charge in [0.05, 0.1) is 18.3 Å². The van der Waals surface area contributed by atoms with Crippen LogP contribution in [0.25, 0.3) is 0 Å². The molecule has 3 saturated heterocycles. The Morgan fingerprint density at radius 1 is 0.408 bits per heavy atom. The van der Waals surface area contributed by atoms with Gasteiger partial charge in [-0.1, -0.05) is 0 Å². The molecule has 0 aromatic heterocycles. The molecule has 278 valence electrons. The van der Waals surface area contributed by atoms with Crippen LogP contribution in [0.3, 0.4) is 0 Å². The van der Waals surface area contributed by atoms with Gasteiger partial charge in [0.1, 0.15) is 12.2 Å². The molecule has 3 aliphatic heterocycles. The average Bonchev–Trinajstić information content (AvgIpc) is 2.95. The molecule has 0 spiro atoms. The van der Waals surface area contributed by atoms with E-state index >= 15 is 0 Å². The van der Waals surface area contributed by atoms with Crippen LogP contribution in [0.15, 0.2) is 0 Å². The van der Waals surface area contributed by atoms with Crippen LogP contribution in [0.1, 0.15) is 62.3 Å². The van der Waals surface area contributed by atoms with Crippen molar-refractivity contribution in [1.82, 2.24) is 0 Å². The fraction of sp³-hybridized carbons (Fsp3) is 0.800. The van der Waals surface area contributed by atoms with E-state index in [-0.39, 0.29) is 0 Å². The topological polar surface area (TPSA) is 244 Å². The van der Waals surface area contributed by atoms with Gasteiger partial charge in [-0.15, -0.1) is 0 Å². The number of carbonyl (C=O) groups is 6. The Hall–Kier alpha value is -3.46. The van der Waals surface area contributed by atoms with Crippen molar-refractivity contribution in [3.05, 3.63) is 0 Å². The highest BCUT2D eigenvalue weighted by atomic mass is 16.8. The third-order valence-electron chi connectivity index (χ3n) is 7.62. The number of hydrogen-bond acceptors (Lipinski definition) is 19. The summed E-state index contributed by atoms with van der Waals surface area (Å²) in [6.07, 6.45) is -21.9. The molecule has 0 bridgehead atoms. The van der Waals surface area contributed by atoms with Gasteiger partial charge in [0, 0.05) is 41.5 Å². The van der Waals surface area contributed by atoms with Crippen molar-refractivity contribution in [1.29, 1.82) is 0 Å². The Labute approximate surface area is 281 Å². The molecule has 3 aliphatic rings. The molecule has 49 heavy (non-hydrogen) atoms. The lowest BCUT2D eigenvalue weighted by Gasteiger charge is -2.49. The van der Waals surface area contributed by atoms with Gasteiger partial charge in [-0.3, -0.25) is 28.8 Å². The zero-order valence-electron chi connectivity index (χ0n) is 28.5. The van der Waals surface area contributed by atoms with Crippen molar-refractivity contribution >= 4 is 35.8 Å². The molecule has 0 aromatic rings. The highest BCUT2D eigenvalue weighted by Crippen LogP contribution is 2.36. The highest BCUT2D eigenvalue weighted by molar-refractivity contribution is 5.68. The van der Waals surface area contributed by atoms with Crippen LogP contribution in [0.2, 0.25) is 0 Å². The van der Waals surface area contributed by atoms with Crippen LogP contribution >= 0.6 is 0 Å². The molecule has 3 fully saturated rings. The van der Waals surface area contributed by atoms with Gasteiger partial charge in [-0.25, -0.2) is 0 Å². The summed E-state index contributed by atoms with van der Waals surface area (Å²) in [6, 6.07) is 0. The Kier molecular flexibility index (Phi) is 13.8. The Morgan fingerprint density at radius 3 is 1.22 bits per heavy atom. The van der Waals surface area contributed by atoms with Crippen LogP contribution in [0.5, 0.6) is 0 Å². The standard InChI is InChI=1S/C30H44O19/c1-10-20(42-13(4)31)19(37)23(45-16(7)34)29(40-10)48-25-22(44-15(6)33)12(3)41-30(27(25)47-18(9)36)49-26-24(46-17(8)35)21(43-14(5)32)11(2)39-28(26)38/h10-12,19-30,37-38H,1-9H3/t10-,11-,12-,19+,20-,21-,22-,23+,24+,25+,26+,27+,28+,29-,30-/m0/s1. The number of aliphatic hydroxyl groups is 2. The first-order valence-electron chi connectivity index (χ1n) is 15.5. The fourth-order valence-corrected chi connectivity index (χ4v) is 5.81. The number of ether oxygens (including phenoxy) is 11. The van der Waals surface area contributed by atoms with Crippen molar-refractivity contribution in [3.8, 4) is 0 Å². The lowest BCUT2D eigenvalue weighted by Crippen LogP contribution is -2.67. The minimum Gasteiger partial charge on any atom is -0.457 e. The van der Waals surface area contributed by atoms with Crippen molar-refractivity contribution < 1.29 is 91.1 Å². The lowest BCUT2D eigenvalue weighted by molar-refractivity contribution is -0.378. The Morgan fingerprint density at radius 2 is 0.735 bits per heavy atom. The van der Waals surface area contributed by atoms with E-state index in [1.807, 2.05) is 0 Å². The summed E-state index contributed by atoms with van der Waals surface area (Å²) < 4.78 is 61.9. The SMILES string of the molecule is CC(=O)O[C@@H]1[C@@H](OC(C)=O)[C@H](C)O[C@@H](O)[C@@H]1O[C@@H]1O[C@@H](C)[C@H](OC(C)=O)[C@@H](O[C@@H]2O[C@@H](C)[C@H](OC(C)=O)[C@@H](O)[C@H]2OC(C)=O)[C@H]1OC(C)=O. The molecule has 0 aromatic carbocycles. The number of esters is 6. The predicted molar refractivity (Wildman–Crippen MR) is 154 cm³/mol. The minimum absolute atomic E-state index is 0.755. The molecular weight excluding hydrogens is 664 g/mol. The average molecular weight is 709 g/mol. The van der Waals surface area contributed by atoms with Crippen molar-refractivity contribution in [2.24, 2.45) is 0 Å². The van der Waals surface area contributed by atoms with Gasteiger partial charge in [0.25, 0.3) is 0 Å². The number of carbonyl (C=O) groups excluding carboxylic acids is 6. The van der Waals surface area contributed by atoms with Crippen LogP contribution in [0, 0.1) is 0 Å². The smallest absolute Gasteiger partial charge is 0.303 e. The van der Waals surface area contributed by atoms with Gasteiger partial charge in [-0.2, -0.15) is 0 Å². The predicted octanol–water partition coefficient (Wildman–Crippen LogP) is -1.07. The van der Waals surface area contributed by atoms with Gasteiger partial charge in [0.2, 0.25) is 0 Å². The zero-order valence-corrected chi connectivity index (χ0v) is 28.5. The molecule has 0 radical (unpaired) electrons. The second-order valence-corrected chi connectivity index (χ2v) is 11.8. The Balaban J connectivity index is 2.06. The minimum atomic E-state index is -1.81. The normalized spacial score (nSPS) is 39.1. The summed E-state index contributed by atoms with van der Waals surface area (Å²) >= 11 is 0. The van der Waals surface area contributed by atoms with E-state index in [4.69, 9.17) is 52.1 Å². The maximum absolute atomic E-state index is 12.5. The third kappa shape index (κ3) is 10.3. The van der Waals surface area contributed by atoms with E-state index in [0.717, 1.165) is 41.5 Å². The van der Waals surface area contributed by atoms with Crippen molar-refractivity contribution in [2.75, 3.05) is 0 Å². The van der Waals surface area contributed by atoms with Crippen molar-refractivity contribution in [3.63, 3.8) is 0 Å². The quantitative estimate of drug-likeness (QED) is 0.203. The van der Waals surface area contributed by atoms with Gasteiger partial charge in [-0.05, 0) is 20.8 Å². The second-order valence-electron chi connectivity index (χ2n) is 11.8. The molecule has 3 rings (SSSR count). The maximum atomic E-state index is 12.5. The van der Waals surface area contributed by atoms with E-state index in [9.17, 15) is 39.0 Å². The summed E-state index contributed by atoms with van der Waals surface area (Å²) in [6.45, 7) is 10.8. The summed E-state index contributed by atoms with van der Waals surface area (Å²) in [5.74, 6) is -4.91. The summed E-state index contributed by atoms with van der Waals surface area (Å²) in [4.78, 5) is 72.5. The number of rotatable bonds is 10. The van der Waals surface area contributed by atoms with Crippen LogP contribution in [-0.4, -0.2) is 138 Å². The molecule has 19 heteroatoms. The van der Waals surface area contributed by atoms with Crippen LogP contribution in [-0.2, 0) is 80.9 Å². The first-order chi connectivity index (χ1) is 22.8. The van der Waals surface area contributed by atoms with Crippen LogP contribution in [0.4, 0.5) is 0 Å². The van der Waals surface area contributed by atoms with E-state index in [2.05, 4.69) is 0 Å². The van der Waals surface area contributed by atoms with Gasteiger partial charge >= 0.3 is 35.8 Å². The first kappa shape index (κ1) is 40.0. The Bertz CT molecular complexity index is 1220. The molecule has 0 saturated carbocycles. The highest BCUT2D eigenvalue weighted by Gasteiger charge is 2.57. The largest absolute Gasteiger partial charge is 0.457 e. The van der Waals surface area contributed by atoms with Gasteiger partial charge in [0.15, 0.2) is 61.6 Å². The van der Waals surface area contributed by atoms with Crippen LogP contribution < -0.4 is 0 Å². The lowest BCUT2D eigenvalue weighted by atomic mass is 9.96.